The van der Waals surface area contributed by atoms with Crippen LogP contribution < -0.4 is 11.3 Å². The lowest BCUT2D eigenvalue weighted by atomic mass is 10.2. The van der Waals surface area contributed by atoms with Crippen LogP contribution in [0.25, 0.3) is 5.69 Å². The van der Waals surface area contributed by atoms with Crippen molar-refractivity contribution in [2.45, 2.75) is 0 Å². The quantitative estimate of drug-likeness (QED) is 0.474. The fourth-order valence-electron chi connectivity index (χ4n) is 2.09. The number of benzene rings is 2. The average molecular weight is 435 g/mol. The van der Waals surface area contributed by atoms with Gasteiger partial charge >= 0.3 is 0 Å². The number of hydrogen-bond acceptors (Lipinski definition) is 9. The van der Waals surface area contributed by atoms with E-state index in [1.807, 2.05) is 18.2 Å². The molecular weight excluding hydrogens is 424 g/mol. The average Bonchev–Trinajstić information content (AvgIpc) is 2.72. The van der Waals surface area contributed by atoms with Crippen molar-refractivity contribution in [1.29, 1.82) is 0 Å². The number of non-ortho nitro benzene ring substituents is 3. The Kier molecular flexibility index (Phi) is 6.72. The summed E-state index contributed by atoms with van der Waals surface area (Å²) in [6.07, 6.45) is 1.36. The number of rotatable bonds is 4. The molecule has 14 heteroatoms. The fourth-order valence-corrected chi connectivity index (χ4v) is 2.22. The van der Waals surface area contributed by atoms with Gasteiger partial charge in [-0.3, -0.25) is 35.1 Å². The lowest BCUT2D eigenvalue weighted by molar-refractivity contribution is -0.403. The van der Waals surface area contributed by atoms with E-state index in [0.717, 1.165) is 0 Å². The van der Waals surface area contributed by atoms with Gasteiger partial charge in [-0.05, 0) is 12.1 Å². The summed E-state index contributed by atoms with van der Waals surface area (Å²) >= 11 is 5.73. The van der Waals surface area contributed by atoms with E-state index < -0.39 is 37.4 Å². The molecule has 0 saturated carbocycles. The van der Waals surface area contributed by atoms with E-state index >= 15 is 0 Å². The van der Waals surface area contributed by atoms with Crippen LogP contribution in [-0.4, -0.2) is 24.6 Å². The highest BCUT2D eigenvalue weighted by molar-refractivity contribution is 6.32. The number of aromatic nitrogens is 2. The smallest absolute Gasteiger partial charge is 0.292 e. The molecule has 0 radical (unpaired) electrons. The Labute approximate surface area is 171 Å². The number of para-hydroxylation sites is 1. The SMILES string of the molecule is Nc1cnn(-c2ccccc2)c(=O)c1Cl.O=[N+]([O-])c1cc([N+](=O)[O-])cc([N+](=O)[O-])c1. The van der Waals surface area contributed by atoms with Crippen LogP contribution in [0, 0.1) is 30.3 Å². The van der Waals surface area contributed by atoms with Crippen LogP contribution >= 0.6 is 11.6 Å². The maximum Gasteiger partial charge on any atom is 0.292 e. The Morgan fingerprint density at radius 3 is 1.70 bits per heavy atom. The first-order valence-electron chi connectivity index (χ1n) is 7.78. The number of nitro groups is 3. The lowest BCUT2D eigenvalue weighted by Crippen LogP contribution is -2.22. The molecule has 154 valence electrons. The second-order valence-corrected chi connectivity index (χ2v) is 5.82. The molecule has 0 aliphatic carbocycles. The second-order valence-electron chi connectivity index (χ2n) is 5.45. The minimum Gasteiger partial charge on any atom is -0.396 e. The van der Waals surface area contributed by atoms with Gasteiger partial charge in [0.2, 0.25) is 0 Å². The largest absolute Gasteiger partial charge is 0.396 e. The Hall–Kier alpha value is -4.39. The van der Waals surface area contributed by atoms with Gasteiger partial charge in [0, 0.05) is 0 Å². The minimum atomic E-state index is -0.931. The number of hydrogen-bond donors (Lipinski definition) is 1. The molecule has 0 aliphatic heterocycles. The molecule has 0 bridgehead atoms. The monoisotopic (exact) mass is 434 g/mol. The number of nitrogen functional groups attached to an aromatic ring is 1. The van der Waals surface area contributed by atoms with E-state index in [1.54, 1.807) is 12.1 Å². The van der Waals surface area contributed by atoms with Crippen molar-refractivity contribution in [3.8, 4) is 5.69 Å². The second kappa shape index (κ2) is 9.20. The van der Waals surface area contributed by atoms with Crippen molar-refractivity contribution >= 4 is 34.4 Å². The van der Waals surface area contributed by atoms with Crippen molar-refractivity contribution in [2.24, 2.45) is 0 Å². The summed E-state index contributed by atoms with van der Waals surface area (Å²) in [5.41, 5.74) is 3.84. The highest BCUT2D eigenvalue weighted by Gasteiger charge is 2.21. The Balaban J connectivity index is 0.000000214. The van der Waals surface area contributed by atoms with Gasteiger partial charge < -0.3 is 5.73 Å². The molecular formula is C16H11ClN6O7. The standard InChI is InChI=1S/C10H8ClN3O.C6H3N3O6/c11-9-8(12)6-13-14(10(9)15)7-4-2-1-3-5-7;10-7(11)4-1-5(8(12)13)3-6(2-4)9(14)15/h1-6H,12H2;1-3H. The Morgan fingerprint density at radius 1 is 0.867 bits per heavy atom. The molecule has 0 amide bonds. The third-order valence-corrected chi connectivity index (χ3v) is 3.85. The maximum absolute atomic E-state index is 11.7. The Morgan fingerprint density at radius 2 is 1.30 bits per heavy atom. The van der Waals surface area contributed by atoms with E-state index in [2.05, 4.69) is 5.10 Å². The van der Waals surface area contributed by atoms with Crippen LogP contribution in [0.5, 0.6) is 0 Å². The molecule has 1 aromatic heterocycles. The van der Waals surface area contributed by atoms with Crippen molar-refractivity contribution in [1.82, 2.24) is 9.78 Å². The topological polar surface area (TPSA) is 190 Å². The van der Waals surface area contributed by atoms with Crippen molar-refractivity contribution in [3.05, 3.63) is 100 Å². The summed E-state index contributed by atoms with van der Waals surface area (Å²) < 4.78 is 1.21. The fraction of sp³-hybridized carbons (Fsp3) is 0. The van der Waals surface area contributed by atoms with Crippen LogP contribution in [0.15, 0.2) is 59.5 Å². The molecule has 2 aromatic carbocycles. The van der Waals surface area contributed by atoms with Crippen LogP contribution in [0.4, 0.5) is 22.7 Å². The summed E-state index contributed by atoms with van der Waals surface area (Å²) in [5, 5.41) is 34.8. The van der Waals surface area contributed by atoms with Crippen LogP contribution in [0.1, 0.15) is 0 Å². The zero-order valence-corrected chi connectivity index (χ0v) is 15.5. The molecule has 13 nitrogen and oxygen atoms in total. The van der Waals surface area contributed by atoms with Gasteiger partial charge in [0.05, 0.1) is 50.5 Å². The van der Waals surface area contributed by atoms with Gasteiger partial charge in [-0.15, -0.1) is 0 Å². The van der Waals surface area contributed by atoms with Crippen molar-refractivity contribution in [2.75, 3.05) is 5.73 Å². The summed E-state index contributed by atoms with van der Waals surface area (Å²) in [6.45, 7) is 0. The highest BCUT2D eigenvalue weighted by atomic mass is 35.5. The van der Waals surface area contributed by atoms with E-state index in [4.69, 9.17) is 17.3 Å². The van der Waals surface area contributed by atoms with Gasteiger partial charge in [-0.2, -0.15) is 9.78 Å². The van der Waals surface area contributed by atoms with E-state index in [9.17, 15) is 35.1 Å². The normalized spacial score (nSPS) is 9.90. The lowest BCUT2D eigenvalue weighted by Gasteiger charge is -2.04. The van der Waals surface area contributed by atoms with E-state index in [1.165, 1.54) is 10.9 Å². The van der Waals surface area contributed by atoms with E-state index in [0.29, 0.717) is 23.9 Å². The van der Waals surface area contributed by atoms with E-state index in [-0.39, 0.29) is 10.7 Å². The first-order chi connectivity index (χ1) is 14.1. The molecule has 0 unspecified atom stereocenters. The summed E-state index contributed by atoms with van der Waals surface area (Å²) in [7, 11) is 0. The molecule has 0 atom stereocenters. The molecule has 0 saturated heterocycles. The summed E-state index contributed by atoms with van der Waals surface area (Å²) in [5.74, 6) is 0. The van der Waals surface area contributed by atoms with Gasteiger partial charge in [0.1, 0.15) is 5.02 Å². The molecule has 0 spiro atoms. The third-order valence-electron chi connectivity index (χ3n) is 3.47. The number of nitrogens with two attached hydrogens (primary N) is 1. The van der Waals surface area contributed by atoms with Crippen molar-refractivity contribution in [3.63, 3.8) is 0 Å². The summed E-state index contributed by atoms with van der Waals surface area (Å²) in [6, 6.07) is 11.0. The highest BCUT2D eigenvalue weighted by Crippen LogP contribution is 2.26. The van der Waals surface area contributed by atoms with Gasteiger partial charge in [0.15, 0.2) is 0 Å². The van der Waals surface area contributed by atoms with Crippen LogP contribution in [0.3, 0.4) is 0 Å². The third kappa shape index (κ3) is 5.11. The molecule has 0 fully saturated rings. The van der Waals surface area contributed by atoms with Gasteiger partial charge in [-0.1, -0.05) is 29.8 Å². The van der Waals surface area contributed by atoms with Crippen LogP contribution in [-0.2, 0) is 0 Å². The summed E-state index contributed by atoms with van der Waals surface area (Å²) in [4.78, 5) is 39.8. The minimum absolute atomic E-state index is 0.00569. The number of nitro benzene ring substituents is 3. The molecule has 2 N–H and O–H groups in total. The van der Waals surface area contributed by atoms with Crippen LogP contribution in [0.2, 0.25) is 5.02 Å². The maximum atomic E-state index is 11.7. The first-order valence-corrected chi connectivity index (χ1v) is 8.16. The van der Waals surface area contributed by atoms with Crippen molar-refractivity contribution < 1.29 is 14.8 Å². The predicted octanol–water partition coefficient (Wildman–Crippen LogP) is 2.88. The zero-order valence-electron chi connectivity index (χ0n) is 14.7. The van der Waals surface area contributed by atoms with Gasteiger partial charge in [0.25, 0.3) is 22.6 Å². The number of halogens is 1. The number of anilines is 1. The molecule has 1 heterocycles. The van der Waals surface area contributed by atoms with Gasteiger partial charge in [-0.25, -0.2) is 0 Å². The molecule has 0 aliphatic rings. The predicted molar refractivity (Wildman–Crippen MR) is 106 cm³/mol. The first kappa shape index (κ1) is 21.9. The molecule has 30 heavy (non-hydrogen) atoms. The molecule has 3 aromatic rings. The zero-order chi connectivity index (χ0) is 22.4. The molecule has 3 rings (SSSR count). The Bertz CT molecular complexity index is 1100. The number of nitrogens with zero attached hydrogens (tertiary/aromatic N) is 5.